The van der Waals surface area contributed by atoms with Crippen molar-refractivity contribution in [2.75, 3.05) is 0 Å². The van der Waals surface area contributed by atoms with Gasteiger partial charge in [-0.1, -0.05) is 29.8 Å². The van der Waals surface area contributed by atoms with Crippen molar-refractivity contribution in [2.24, 2.45) is 0 Å². The molecule has 1 rings (SSSR count). The van der Waals surface area contributed by atoms with Crippen LogP contribution < -0.4 is 29.6 Å². The van der Waals surface area contributed by atoms with Crippen molar-refractivity contribution in [3.8, 4) is 0 Å². The molecule has 5 heteroatoms. The number of halogens is 1. The number of aliphatic hydroxyl groups is 1. The van der Waals surface area contributed by atoms with E-state index in [1.807, 2.05) is 0 Å². The fraction of sp³-hybridized carbons (Fsp3) is 0.125. The summed E-state index contributed by atoms with van der Waals surface area (Å²) in [5.41, 5.74) is 0.215. The maximum absolute atomic E-state index is 10.3. The smallest absolute Gasteiger partial charge is 1.00 e. The van der Waals surface area contributed by atoms with Gasteiger partial charge in [0, 0.05) is 10.6 Å². The molecular formula is C8H8ClNaO3. The molecule has 0 aliphatic heterocycles. The Bertz CT molecular complexity index is 308. The summed E-state index contributed by atoms with van der Waals surface area (Å²) in [4.78, 5) is 10.3. The van der Waals surface area contributed by atoms with E-state index in [-0.39, 0.29) is 41.6 Å². The minimum Gasteiger partial charge on any atom is -1.00 e. The van der Waals surface area contributed by atoms with Gasteiger partial charge in [0.05, 0.1) is 0 Å². The van der Waals surface area contributed by atoms with Crippen molar-refractivity contribution in [1.29, 1.82) is 0 Å². The summed E-state index contributed by atoms with van der Waals surface area (Å²) in [6.07, 6.45) is -1.54. The third-order valence-corrected chi connectivity index (χ3v) is 1.78. The summed E-state index contributed by atoms with van der Waals surface area (Å²) in [5, 5.41) is 17.8. The number of carboxylic acids is 1. The molecule has 0 spiro atoms. The Balaban J connectivity index is 0. The van der Waals surface area contributed by atoms with Crippen molar-refractivity contribution in [3.63, 3.8) is 0 Å². The molecule has 1 aromatic carbocycles. The summed E-state index contributed by atoms with van der Waals surface area (Å²) in [6.45, 7) is 0. The Kier molecular flexibility index (Phi) is 5.60. The summed E-state index contributed by atoms with van der Waals surface area (Å²) in [7, 11) is 0. The molecule has 0 unspecified atom stereocenters. The fourth-order valence-corrected chi connectivity index (χ4v) is 1.07. The molecule has 0 heterocycles. The second kappa shape index (κ2) is 5.62. The first kappa shape index (κ1) is 12.9. The third kappa shape index (κ3) is 3.29. The van der Waals surface area contributed by atoms with Gasteiger partial charge in [-0.3, -0.25) is 0 Å². The largest absolute Gasteiger partial charge is 1.00 e. The average Bonchev–Trinajstić information content (AvgIpc) is 2.04. The van der Waals surface area contributed by atoms with Crippen LogP contribution in [0.3, 0.4) is 0 Å². The zero-order valence-corrected chi connectivity index (χ0v) is 9.82. The van der Waals surface area contributed by atoms with Gasteiger partial charge in [-0.2, -0.15) is 0 Å². The van der Waals surface area contributed by atoms with Crippen LogP contribution in [-0.2, 0) is 4.79 Å². The molecule has 13 heavy (non-hydrogen) atoms. The zero-order chi connectivity index (χ0) is 9.14. The van der Waals surface area contributed by atoms with Gasteiger partial charge in [-0.25, -0.2) is 4.79 Å². The van der Waals surface area contributed by atoms with Gasteiger partial charge >= 0.3 is 35.5 Å². The maximum atomic E-state index is 10.3. The Morgan fingerprint density at radius 2 is 2.00 bits per heavy atom. The quantitative estimate of drug-likeness (QED) is 0.589. The van der Waals surface area contributed by atoms with Crippen LogP contribution in [0.5, 0.6) is 0 Å². The number of rotatable bonds is 2. The monoisotopic (exact) mass is 210 g/mol. The molecule has 3 nitrogen and oxygen atoms in total. The van der Waals surface area contributed by atoms with Gasteiger partial charge in [0.25, 0.3) is 0 Å². The predicted molar refractivity (Wildman–Crippen MR) is 45.2 cm³/mol. The van der Waals surface area contributed by atoms with Crippen molar-refractivity contribution in [3.05, 3.63) is 34.9 Å². The van der Waals surface area contributed by atoms with Crippen LogP contribution in [0, 0.1) is 0 Å². The van der Waals surface area contributed by atoms with Gasteiger partial charge in [-0.15, -0.1) is 0 Å². The molecule has 66 valence electrons. The minimum atomic E-state index is -1.54. The van der Waals surface area contributed by atoms with E-state index in [1.165, 1.54) is 12.1 Å². The normalized spacial score (nSPS) is 11.5. The molecule has 1 atom stereocenters. The molecule has 0 saturated carbocycles. The second-order valence-electron chi connectivity index (χ2n) is 2.26. The van der Waals surface area contributed by atoms with Crippen molar-refractivity contribution in [1.82, 2.24) is 0 Å². The summed E-state index contributed by atoms with van der Waals surface area (Å²) in [5.74, 6) is -1.30. The van der Waals surface area contributed by atoms with Gasteiger partial charge in [0.2, 0.25) is 0 Å². The molecule has 0 aliphatic carbocycles. The van der Waals surface area contributed by atoms with Crippen LogP contribution in [0.1, 0.15) is 13.1 Å². The topological polar surface area (TPSA) is 57.5 Å². The Labute approximate surface area is 104 Å². The van der Waals surface area contributed by atoms with Crippen LogP contribution in [0.4, 0.5) is 0 Å². The number of aliphatic carboxylic acids is 1. The molecular weight excluding hydrogens is 203 g/mol. The first-order chi connectivity index (χ1) is 5.63. The van der Waals surface area contributed by atoms with E-state index in [4.69, 9.17) is 21.8 Å². The number of benzene rings is 1. The number of aliphatic hydroxyl groups excluding tert-OH is 1. The second-order valence-corrected chi connectivity index (χ2v) is 2.67. The standard InChI is InChI=1S/C8H7ClO3.Na.H/c9-6-4-2-1-3-5(6)7(10)8(11)12;;/h1-4,7,10H,(H,11,12);;/q;+1;-1/t7-;;/m1../s1. The first-order valence-electron chi connectivity index (χ1n) is 3.28. The molecule has 0 aromatic heterocycles. The van der Waals surface area contributed by atoms with Gasteiger partial charge in [-0.05, 0) is 6.07 Å². The van der Waals surface area contributed by atoms with Crippen LogP contribution in [0.25, 0.3) is 0 Å². The van der Waals surface area contributed by atoms with E-state index in [0.717, 1.165) is 0 Å². The van der Waals surface area contributed by atoms with Crippen LogP contribution in [0.2, 0.25) is 5.02 Å². The minimum absolute atomic E-state index is 0. The Hall–Kier alpha value is -0.0600. The zero-order valence-electron chi connectivity index (χ0n) is 8.07. The molecule has 0 radical (unpaired) electrons. The van der Waals surface area contributed by atoms with Crippen LogP contribution >= 0.6 is 11.6 Å². The van der Waals surface area contributed by atoms with Crippen LogP contribution in [0.15, 0.2) is 24.3 Å². The predicted octanol–water partition coefficient (Wildman–Crippen LogP) is -1.43. The number of carboxylic acid groups (broad SMARTS) is 1. The summed E-state index contributed by atoms with van der Waals surface area (Å²) >= 11 is 5.64. The van der Waals surface area contributed by atoms with E-state index in [1.54, 1.807) is 12.1 Å². The van der Waals surface area contributed by atoms with Crippen molar-refractivity contribution < 1.29 is 46.0 Å². The van der Waals surface area contributed by atoms with Gasteiger partial charge in [0.1, 0.15) is 0 Å². The molecule has 0 fully saturated rings. The van der Waals surface area contributed by atoms with Gasteiger partial charge in [0.15, 0.2) is 6.10 Å². The third-order valence-electron chi connectivity index (χ3n) is 1.43. The number of carbonyl (C=O) groups is 1. The molecule has 2 N–H and O–H groups in total. The van der Waals surface area contributed by atoms with Crippen molar-refractivity contribution >= 4 is 17.6 Å². The van der Waals surface area contributed by atoms with Gasteiger partial charge < -0.3 is 11.6 Å². The Morgan fingerprint density at radius 3 is 2.46 bits per heavy atom. The molecule has 0 aliphatic rings. The molecule has 0 amide bonds. The Morgan fingerprint density at radius 1 is 1.46 bits per heavy atom. The average molecular weight is 211 g/mol. The number of hydrogen-bond acceptors (Lipinski definition) is 2. The van der Waals surface area contributed by atoms with E-state index in [2.05, 4.69) is 0 Å². The summed E-state index contributed by atoms with van der Waals surface area (Å²) in [6, 6.07) is 6.29. The van der Waals surface area contributed by atoms with E-state index < -0.39 is 12.1 Å². The summed E-state index contributed by atoms with van der Waals surface area (Å²) < 4.78 is 0. The maximum Gasteiger partial charge on any atom is 1.00 e. The fourth-order valence-electron chi connectivity index (χ4n) is 0.830. The molecule has 0 bridgehead atoms. The van der Waals surface area contributed by atoms with E-state index in [0.29, 0.717) is 0 Å². The van der Waals surface area contributed by atoms with E-state index in [9.17, 15) is 4.79 Å². The SMILES string of the molecule is O=C(O)[C@H](O)c1ccccc1Cl.[H-].[Na+]. The first-order valence-corrected chi connectivity index (χ1v) is 3.66. The van der Waals surface area contributed by atoms with Crippen molar-refractivity contribution in [2.45, 2.75) is 6.10 Å². The molecule has 0 saturated heterocycles. The van der Waals surface area contributed by atoms with Crippen LogP contribution in [-0.4, -0.2) is 16.2 Å². The number of hydrogen-bond donors (Lipinski definition) is 2. The molecule has 1 aromatic rings. The van der Waals surface area contributed by atoms with E-state index >= 15 is 0 Å².